The lowest BCUT2D eigenvalue weighted by Crippen LogP contribution is -2.43. The van der Waals surface area contributed by atoms with Crippen molar-refractivity contribution in [2.24, 2.45) is 0 Å². The predicted octanol–water partition coefficient (Wildman–Crippen LogP) is 5.44. The van der Waals surface area contributed by atoms with Crippen LogP contribution in [0.1, 0.15) is 27.7 Å². The molecule has 0 radical (unpaired) electrons. The average Bonchev–Trinajstić information content (AvgIpc) is 3.43. The van der Waals surface area contributed by atoms with E-state index < -0.39 is 44.3 Å². The summed E-state index contributed by atoms with van der Waals surface area (Å²) in [6.07, 6.45) is -2.31. The van der Waals surface area contributed by atoms with Gasteiger partial charge in [-0.3, -0.25) is 14.6 Å². The molecule has 2 aromatic carbocycles. The monoisotopic (exact) mass is 575 g/mol. The summed E-state index contributed by atoms with van der Waals surface area (Å²) >= 11 is 0. The van der Waals surface area contributed by atoms with Crippen molar-refractivity contribution in [3.8, 4) is 11.1 Å². The molecular weight excluding hydrogens is 540 g/mol. The molecule has 0 aromatic heterocycles. The van der Waals surface area contributed by atoms with Gasteiger partial charge in [-0.2, -0.15) is 0 Å². The molecule has 4 rings (SSSR count). The standard InChI is InChI=1S/C28H35F2N3O6Si/c1-17(34)31-13-20-14-32(26(35)38-20)18-7-9-22(24(29)11-18)23-10-8-19(12-25(23)30)33-15-21(39-27(33)36)16-37-40(5,6)28(2,3)4/h7-12,20-21H,13-16H2,1-6H3,(H,31,34)/t20-,21+/m0/s1. The van der Waals surface area contributed by atoms with Crippen molar-refractivity contribution in [1.82, 2.24) is 5.32 Å². The Labute approximate surface area is 233 Å². The van der Waals surface area contributed by atoms with Gasteiger partial charge in [0.25, 0.3) is 0 Å². The zero-order chi connectivity index (χ0) is 29.4. The second kappa shape index (κ2) is 11.2. The Hall–Kier alpha value is -3.51. The fraction of sp³-hybridized carbons (Fsp3) is 0.464. The number of carbonyl (C=O) groups excluding carboxylic acids is 3. The lowest BCUT2D eigenvalue weighted by molar-refractivity contribution is -0.119. The molecule has 2 saturated heterocycles. The number of halogens is 2. The van der Waals surface area contributed by atoms with Crippen molar-refractivity contribution in [3.05, 3.63) is 48.0 Å². The highest BCUT2D eigenvalue weighted by molar-refractivity contribution is 6.74. The summed E-state index contributed by atoms with van der Waals surface area (Å²) in [4.78, 5) is 38.5. The molecule has 3 amide bonds. The van der Waals surface area contributed by atoms with Crippen molar-refractivity contribution in [2.75, 3.05) is 36.0 Å². The van der Waals surface area contributed by atoms with Crippen LogP contribution in [0, 0.1) is 11.6 Å². The van der Waals surface area contributed by atoms with Gasteiger partial charge in [-0.15, -0.1) is 0 Å². The fourth-order valence-electron chi connectivity index (χ4n) is 4.21. The molecule has 0 saturated carbocycles. The molecule has 1 N–H and O–H groups in total. The zero-order valence-corrected chi connectivity index (χ0v) is 24.5. The number of cyclic esters (lactones) is 2. The maximum atomic E-state index is 15.2. The van der Waals surface area contributed by atoms with E-state index in [0.717, 1.165) is 6.07 Å². The Morgan fingerprint density at radius 2 is 1.43 bits per heavy atom. The van der Waals surface area contributed by atoms with E-state index in [1.165, 1.54) is 47.1 Å². The minimum Gasteiger partial charge on any atom is -0.442 e. The quantitative estimate of drug-likeness (QED) is 0.421. The molecule has 2 fully saturated rings. The van der Waals surface area contributed by atoms with E-state index in [2.05, 4.69) is 39.2 Å². The molecule has 2 aliphatic rings. The maximum Gasteiger partial charge on any atom is 0.414 e. The van der Waals surface area contributed by atoms with Gasteiger partial charge in [-0.05, 0) is 54.5 Å². The summed E-state index contributed by atoms with van der Waals surface area (Å²) < 4.78 is 47.2. The van der Waals surface area contributed by atoms with Gasteiger partial charge in [-0.25, -0.2) is 18.4 Å². The summed E-state index contributed by atoms with van der Waals surface area (Å²) in [5.74, 6) is -1.70. The Bertz CT molecular complexity index is 1320. The van der Waals surface area contributed by atoms with Gasteiger partial charge in [0.15, 0.2) is 8.32 Å². The van der Waals surface area contributed by atoms with E-state index in [0.29, 0.717) is 5.69 Å². The first-order valence-electron chi connectivity index (χ1n) is 13.1. The summed E-state index contributed by atoms with van der Waals surface area (Å²) in [6.45, 7) is 12.7. The van der Waals surface area contributed by atoms with Crippen LogP contribution in [0.3, 0.4) is 0 Å². The second-order valence-electron chi connectivity index (χ2n) is 11.6. The van der Waals surface area contributed by atoms with Crippen LogP contribution in [0.2, 0.25) is 18.1 Å². The minimum atomic E-state index is -2.03. The number of carbonyl (C=O) groups is 3. The van der Waals surface area contributed by atoms with Crippen molar-refractivity contribution in [3.63, 3.8) is 0 Å². The van der Waals surface area contributed by atoms with Crippen LogP contribution in [0.4, 0.5) is 29.7 Å². The van der Waals surface area contributed by atoms with Gasteiger partial charge in [0.2, 0.25) is 5.91 Å². The van der Waals surface area contributed by atoms with E-state index >= 15 is 8.78 Å². The van der Waals surface area contributed by atoms with Gasteiger partial charge in [0.05, 0.1) is 37.6 Å². The normalized spacial score (nSPS) is 19.6. The third-order valence-electron chi connectivity index (χ3n) is 7.58. The molecule has 12 heteroatoms. The van der Waals surface area contributed by atoms with Crippen LogP contribution < -0.4 is 15.1 Å². The van der Waals surface area contributed by atoms with E-state index in [9.17, 15) is 14.4 Å². The summed E-state index contributed by atoms with van der Waals surface area (Å²) in [6, 6.07) is 8.13. The van der Waals surface area contributed by atoms with Crippen molar-refractivity contribution < 1.29 is 37.1 Å². The van der Waals surface area contributed by atoms with Crippen LogP contribution in [0.25, 0.3) is 11.1 Å². The highest BCUT2D eigenvalue weighted by Gasteiger charge is 2.40. The minimum absolute atomic E-state index is 0.000180. The molecule has 0 bridgehead atoms. The summed E-state index contributed by atoms with van der Waals surface area (Å²) in [5.41, 5.74) is 0.549. The SMILES string of the molecule is CC(=O)NC[C@H]1CN(c2ccc(-c3ccc(N4C[C@H](CO[Si](C)(C)C(C)(C)C)OC4=O)cc3F)c(F)c2)C(=O)O1. The lowest BCUT2D eigenvalue weighted by Gasteiger charge is -2.36. The summed E-state index contributed by atoms with van der Waals surface area (Å²) in [5, 5.41) is 2.59. The zero-order valence-electron chi connectivity index (χ0n) is 23.5. The Balaban J connectivity index is 1.44. The first-order chi connectivity index (χ1) is 18.7. The third kappa shape index (κ3) is 6.28. The van der Waals surface area contributed by atoms with E-state index in [1.807, 2.05) is 0 Å². The molecule has 40 heavy (non-hydrogen) atoms. The van der Waals surface area contributed by atoms with Gasteiger partial charge < -0.3 is 19.2 Å². The highest BCUT2D eigenvalue weighted by atomic mass is 28.4. The van der Waals surface area contributed by atoms with Crippen molar-refractivity contribution in [2.45, 2.75) is 58.0 Å². The fourth-order valence-corrected chi connectivity index (χ4v) is 5.25. The number of rotatable bonds is 8. The van der Waals surface area contributed by atoms with Gasteiger partial charge in [-0.1, -0.05) is 20.8 Å². The van der Waals surface area contributed by atoms with Crippen LogP contribution >= 0.6 is 0 Å². The molecule has 2 atom stereocenters. The predicted molar refractivity (Wildman–Crippen MR) is 149 cm³/mol. The van der Waals surface area contributed by atoms with E-state index in [4.69, 9.17) is 13.9 Å². The molecule has 0 unspecified atom stereocenters. The maximum absolute atomic E-state index is 15.2. The number of hydrogen-bond acceptors (Lipinski definition) is 6. The average molecular weight is 576 g/mol. The van der Waals surface area contributed by atoms with Crippen LogP contribution in [0.5, 0.6) is 0 Å². The third-order valence-corrected chi connectivity index (χ3v) is 12.1. The Kier molecular flexibility index (Phi) is 8.22. The molecule has 0 spiro atoms. The van der Waals surface area contributed by atoms with Crippen LogP contribution in [-0.4, -0.2) is 64.9 Å². The molecular formula is C28H35F2N3O6Si. The molecule has 0 aliphatic carbocycles. The van der Waals surface area contributed by atoms with Crippen LogP contribution in [0.15, 0.2) is 36.4 Å². The number of amides is 3. The second-order valence-corrected chi connectivity index (χ2v) is 16.4. The molecule has 2 aliphatic heterocycles. The van der Waals surface area contributed by atoms with Gasteiger partial charge >= 0.3 is 12.2 Å². The van der Waals surface area contributed by atoms with Crippen molar-refractivity contribution in [1.29, 1.82) is 0 Å². The van der Waals surface area contributed by atoms with Gasteiger partial charge in [0.1, 0.15) is 23.8 Å². The molecule has 9 nitrogen and oxygen atoms in total. The number of nitrogens with one attached hydrogen (secondary N) is 1. The van der Waals surface area contributed by atoms with Gasteiger partial charge in [0, 0.05) is 18.1 Å². The number of ether oxygens (including phenoxy) is 2. The lowest BCUT2D eigenvalue weighted by atomic mass is 10.0. The number of anilines is 2. The van der Waals surface area contributed by atoms with Crippen LogP contribution in [-0.2, 0) is 18.7 Å². The first-order valence-corrected chi connectivity index (χ1v) is 16.0. The molecule has 2 heterocycles. The largest absolute Gasteiger partial charge is 0.442 e. The smallest absolute Gasteiger partial charge is 0.414 e. The van der Waals surface area contributed by atoms with E-state index in [-0.39, 0.29) is 54.0 Å². The topological polar surface area (TPSA) is 97.4 Å². The first kappa shape index (κ1) is 29.5. The number of benzene rings is 2. The van der Waals surface area contributed by atoms with E-state index in [1.54, 1.807) is 0 Å². The molecule has 2 aromatic rings. The number of hydrogen-bond donors (Lipinski definition) is 1. The Morgan fingerprint density at radius 3 is 1.88 bits per heavy atom. The molecule has 216 valence electrons. The highest BCUT2D eigenvalue weighted by Crippen LogP contribution is 2.37. The Morgan fingerprint density at radius 1 is 0.950 bits per heavy atom. The van der Waals surface area contributed by atoms with Crippen molar-refractivity contribution >= 4 is 37.8 Å². The summed E-state index contributed by atoms with van der Waals surface area (Å²) in [7, 11) is -2.03. The number of nitrogens with zero attached hydrogens (tertiary/aromatic N) is 2.